The first-order valence-electron chi connectivity index (χ1n) is 9.42. The van der Waals surface area contributed by atoms with Crippen LogP contribution in [0.15, 0.2) is 42.5 Å². The predicted octanol–water partition coefficient (Wildman–Crippen LogP) is 2.70. The highest BCUT2D eigenvalue weighted by Gasteiger charge is 2.31. The number of hydrogen-bond acceptors (Lipinski definition) is 6. The number of aromatic hydroxyl groups is 1. The van der Waals surface area contributed by atoms with Gasteiger partial charge in [0.25, 0.3) is 5.91 Å². The van der Waals surface area contributed by atoms with Crippen molar-refractivity contribution in [2.75, 3.05) is 13.2 Å². The molecular formula is C22H23NO7. The van der Waals surface area contributed by atoms with Crippen LogP contribution < -0.4 is 14.8 Å². The number of carbonyl (C=O) groups excluding carboxylic acids is 2. The summed E-state index contributed by atoms with van der Waals surface area (Å²) in [5.74, 6) is -1.74. The fourth-order valence-corrected chi connectivity index (χ4v) is 2.95. The molecule has 0 saturated heterocycles. The highest BCUT2D eigenvalue weighted by atomic mass is 16.5. The molecule has 2 aromatic rings. The summed E-state index contributed by atoms with van der Waals surface area (Å²) in [6.07, 6.45) is -0.380. The van der Waals surface area contributed by atoms with E-state index in [0.29, 0.717) is 0 Å². The molecule has 1 unspecified atom stereocenters. The van der Waals surface area contributed by atoms with Gasteiger partial charge in [0.1, 0.15) is 28.9 Å². The topological polar surface area (TPSA) is 122 Å². The van der Waals surface area contributed by atoms with E-state index in [9.17, 15) is 19.5 Å². The molecule has 2 aromatic carbocycles. The zero-order valence-corrected chi connectivity index (χ0v) is 16.7. The summed E-state index contributed by atoms with van der Waals surface area (Å²) in [7, 11) is 0. The third-order valence-corrected chi connectivity index (χ3v) is 4.82. The molecule has 0 fully saturated rings. The lowest BCUT2D eigenvalue weighted by Gasteiger charge is -2.26. The van der Waals surface area contributed by atoms with Crippen LogP contribution in [0.2, 0.25) is 0 Å². The van der Waals surface area contributed by atoms with Crippen LogP contribution in [-0.2, 0) is 9.59 Å². The maximum Gasteiger partial charge on any atom is 0.310 e. The molecule has 1 aliphatic heterocycles. The number of rotatable bonds is 7. The molecule has 3 N–H and O–H groups in total. The van der Waals surface area contributed by atoms with Crippen LogP contribution in [0.25, 0.3) is 0 Å². The Bertz CT molecular complexity index is 969. The normalized spacial score (nSPS) is 15.7. The number of phenolic OH excluding ortho intramolecular Hbond substituents is 1. The Morgan fingerprint density at radius 3 is 2.60 bits per heavy atom. The molecular weight excluding hydrogens is 390 g/mol. The average molecular weight is 413 g/mol. The second-order valence-electron chi connectivity index (χ2n) is 7.71. The second kappa shape index (κ2) is 8.44. The van der Waals surface area contributed by atoms with Crippen molar-refractivity contribution in [3.63, 3.8) is 0 Å². The Morgan fingerprint density at radius 1 is 1.23 bits per heavy atom. The largest absolute Gasteiger partial charge is 0.507 e. The van der Waals surface area contributed by atoms with Crippen molar-refractivity contribution in [2.24, 2.45) is 5.41 Å². The minimum absolute atomic E-state index is 0.0592. The molecule has 0 bridgehead atoms. The van der Waals surface area contributed by atoms with E-state index in [0.717, 1.165) is 5.56 Å². The van der Waals surface area contributed by atoms with Crippen LogP contribution in [0.5, 0.6) is 17.2 Å². The molecule has 30 heavy (non-hydrogen) atoms. The van der Waals surface area contributed by atoms with E-state index >= 15 is 0 Å². The lowest BCUT2D eigenvalue weighted by molar-refractivity contribution is -0.146. The maximum atomic E-state index is 12.5. The number of ketones is 1. The van der Waals surface area contributed by atoms with Gasteiger partial charge in [-0.25, -0.2) is 0 Å². The summed E-state index contributed by atoms with van der Waals surface area (Å²) in [6.45, 7) is 2.55. The van der Waals surface area contributed by atoms with Gasteiger partial charge in [0.05, 0.1) is 11.8 Å². The van der Waals surface area contributed by atoms with Gasteiger partial charge < -0.3 is 25.0 Å². The Hall–Kier alpha value is -3.55. The second-order valence-corrected chi connectivity index (χ2v) is 7.71. The SMILES string of the molecule is CC(C)(CNC(=O)COc1cc(O)c2c(c1)OC(c1ccccc1)CC2=O)C(=O)O. The molecule has 0 spiro atoms. The molecule has 8 nitrogen and oxygen atoms in total. The van der Waals surface area contributed by atoms with E-state index in [-0.39, 0.29) is 48.2 Å². The lowest BCUT2D eigenvalue weighted by Crippen LogP contribution is -2.40. The van der Waals surface area contributed by atoms with Gasteiger partial charge in [-0.05, 0) is 19.4 Å². The fourth-order valence-electron chi connectivity index (χ4n) is 2.95. The molecule has 0 aromatic heterocycles. The van der Waals surface area contributed by atoms with Gasteiger partial charge in [0.2, 0.25) is 0 Å². The van der Waals surface area contributed by atoms with E-state index in [1.807, 2.05) is 30.3 Å². The van der Waals surface area contributed by atoms with Crippen molar-refractivity contribution in [3.05, 3.63) is 53.6 Å². The van der Waals surface area contributed by atoms with Crippen molar-refractivity contribution in [1.82, 2.24) is 5.32 Å². The van der Waals surface area contributed by atoms with E-state index in [2.05, 4.69) is 5.32 Å². The number of carboxylic acids is 1. The predicted molar refractivity (Wildman–Crippen MR) is 107 cm³/mol. The van der Waals surface area contributed by atoms with E-state index in [1.165, 1.54) is 26.0 Å². The zero-order valence-electron chi connectivity index (χ0n) is 16.7. The quantitative estimate of drug-likeness (QED) is 0.638. The van der Waals surface area contributed by atoms with Gasteiger partial charge in [0, 0.05) is 18.7 Å². The maximum absolute atomic E-state index is 12.5. The highest BCUT2D eigenvalue weighted by molar-refractivity contribution is 6.02. The molecule has 3 rings (SSSR count). The minimum atomic E-state index is -1.11. The van der Waals surface area contributed by atoms with E-state index in [1.54, 1.807) is 0 Å². The molecule has 1 amide bonds. The number of aliphatic carboxylic acids is 1. The van der Waals surface area contributed by atoms with Crippen LogP contribution in [0.4, 0.5) is 0 Å². The van der Waals surface area contributed by atoms with Crippen LogP contribution in [0, 0.1) is 5.41 Å². The zero-order chi connectivity index (χ0) is 21.9. The number of hydrogen-bond donors (Lipinski definition) is 3. The number of benzene rings is 2. The van der Waals surface area contributed by atoms with Gasteiger partial charge in [-0.3, -0.25) is 14.4 Å². The van der Waals surface area contributed by atoms with Crippen LogP contribution >= 0.6 is 0 Å². The molecule has 1 atom stereocenters. The number of phenols is 1. The van der Waals surface area contributed by atoms with E-state index < -0.39 is 23.4 Å². The standard InChI is InChI=1S/C22H23NO7/c1-22(2,21(27)28)12-23-19(26)11-29-14-8-15(24)20-16(25)10-17(30-18(20)9-14)13-6-4-3-5-7-13/h3-9,17,24H,10-12H2,1-2H3,(H,23,26)(H,27,28). The third-order valence-electron chi connectivity index (χ3n) is 4.82. The average Bonchev–Trinajstić information content (AvgIpc) is 2.70. The summed E-state index contributed by atoms with van der Waals surface area (Å²) in [4.78, 5) is 35.6. The summed E-state index contributed by atoms with van der Waals surface area (Å²) in [5.41, 5.74) is -0.189. The molecule has 158 valence electrons. The first-order valence-corrected chi connectivity index (χ1v) is 9.42. The monoisotopic (exact) mass is 413 g/mol. The summed E-state index contributed by atoms with van der Waals surface area (Å²) in [6, 6.07) is 12.0. The van der Waals surface area contributed by atoms with Crippen LogP contribution in [0.3, 0.4) is 0 Å². The number of carbonyl (C=O) groups is 3. The Morgan fingerprint density at radius 2 is 1.93 bits per heavy atom. The minimum Gasteiger partial charge on any atom is -0.507 e. The first kappa shape index (κ1) is 21.2. The highest BCUT2D eigenvalue weighted by Crippen LogP contribution is 2.41. The molecule has 1 heterocycles. The molecule has 0 aliphatic carbocycles. The number of carboxylic acid groups (broad SMARTS) is 1. The van der Waals surface area contributed by atoms with Crippen molar-refractivity contribution in [3.8, 4) is 17.2 Å². The summed E-state index contributed by atoms with van der Waals surface area (Å²) < 4.78 is 11.3. The van der Waals surface area contributed by atoms with E-state index in [4.69, 9.17) is 14.6 Å². The Kier molecular flexibility index (Phi) is 5.96. The summed E-state index contributed by atoms with van der Waals surface area (Å²) >= 11 is 0. The summed E-state index contributed by atoms with van der Waals surface area (Å²) in [5, 5.41) is 21.8. The number of ether oxygens (including phenoxy) is 2. The van der Waals surface area contributed by atoms with Gasteiger partial charge in [0.15, 0.2) is 12.4 Å². The molecule has 8 heteroatoms. The van der Waals surface area contributed by atoms with Gasteiger partial charge >= 0.3 is 5.97 Å². The molecule has 1 aliphatic rings. The third kappa shape index (κ3) is 4.71. The number of fused-ring (bicyclic) bond motifs is 1. The van der Waals surface area contributed by atoms with Gasteiger partial charge in [-0.1, -0.05) is 30.3 Å². The van der Waals surface area contributed by atoms with Crippen molar-refractivity contribution < 1.29 is 34.1 Å². The van der Waals surface area contributed by atoms with Crippen LogP contribution in [-0.4, -0.2) is 41.0 Å². The fraction of sp³-hybridized carbons (Fsp3) is 0.318. The Balaban J connectivity index is 1.68. The van der Waals surface area contributed by atoms with Crippen LogP contribution in [0.1, 0.15) is 42.3 Å². The smallest absolute Gasteiger partial charge is 0.310 e. The number of amides is 1. The van der Waals surface area contributed by atoms with Crippen molar-refractivity contribution in [2.45, 2.75) is 26.4 Å². The van der Waals surface area contributed by atoms with Gasteiger partial charge in [-0.15, -0.1) is 0 Å². The molecule has 0 radical (unpaired) electrons. The van der Waals surface area contributed by atoms with Gasteiger partial charge in [-0.2, -0.15) is 0 Å². The van der Waals surface area contributed by atoms with Crippen molar-refractivity contribution in [1.29, 1.82) is 0 Å². The molecule has 0 saturated carbocycles. The lowest BCUT2D eigenvalue weighted by atomic mass is 9.94. The first-order chi connectivity index (χ1) is 14.2. The van der Waals surface area contributed by atoms with Crippen molar-refractivity contribution >= 4 is 17.7 Å². The Labute approximate surface area is 173 Å². The number of Topliss-reactive ketones (excluding diaryl/α,β-unsaturated/α-hetero) is 1. The number of nitrogens with one attached hydrogen (secondary N) is 1.